The maximum absolute atomic E-state index is 12.9. The van der Waals surface area contributed by atoms with Gasteiger partial charge in [-0.15, -0.1) is 6.58 Å². The summed E-state index contributed by atoms with van der Waals surface area (Å²) >= 11 is 1.40. The van der Waals surface area contributed by atoms with Gasteiger partial charge in [0.15, 0.2) is 22.1 Å². The van der Waals surface area contributed by atoms with Crippen molar-refractivity contribution in [3.63, 3.8) is 0 Å². The first-order chi connectivity index (χ1) is 15.6. The average molecular weight is 442 g/mol. The second-order valence-electron chi connectivity index (χ2n) is 7.15. The number of fused-ring (bicyclic) bond motifs is 2. The van der Waals surface area contributed by atoms with Gasteiger partial charge in [-0.3, -0.25) is 9.59 Å². The Bertz CT molecular complexity index is 1420. The van der Waals surface area contributed by atoms with Crippen LogP contribution in [-0.4, -0.2) is 23.1 Å². The van der Waals surface area contributed by atoms with Crippen molar-refractivity contribution in [1.29, 1.82) is 0 Å². The number of carbonyl (C=O) groups excluding carboxylic acids is 2. The zero-order valence-electron chi connectivity index (χ0n) is 17.0. The second-order valence-corrected chi connectivity index (χ2v) is 8.16. The minimum absolute atomic E-state index is 0.0904. The van der Waals surface area contributed by atoms with Crippen LogP contribution in [0.2, 0.25) is 0 Å². The molecule has 1 aliphatic heterocycles. The molecule has 3 aromatic carbocycles. The highest BCUT2D eigenvalue weighted by Crippen LogP contribution is 2.37. The summed E-state index contributed by atoms with van der Waals surface area (Å²) in [5.74, 6) is 0.881. The monoisotopic (exact) mass is 442 g/mol. The van der Waals surface area contributed by atoms with Crippen LogP contribution in [0, 0.1) is 0 Å². The molecule has 0 N–H and O–H groups in total. The van der Waals surface area contributed by atoms with Crippen molar-refractivity contribution < 1.29 is 19.1 Å². The van der Waals surface area contributed by atoms with E-state index in [1.807, 2.05) is 34.9 Å². The SMILES string of the molecule is C=CCn1c(=NC(=O)c2ccc(C(=O)c3ccccc3)cc2)sc2cc3c(cc21)OCO3. The summed E-state index contributed by atoms with van der Waals surface area (Å²) in [5.41, 5.74) is 2.43. The number of hydrogen-bond donors (Lipinski definition) is 0. The Morgan fingerprint density at radius 3 is 2.34 bits per heavy atom. The van der Waals surface area contributed by atoms with Gasteiger partial charge in [0.2, 0.25) is 6.79 Å². The molecule has 4 aromatic rings. The summed E-state index contributed by atoms with van der Waals surface area (Å²) in [5, 5.41) is 0. The quantitative estimate of drug-likeness (QED) is 0.335. The fourth-order valence-electron chi connectivity index (χ4n) is 3.52. The van der Waals surface area contributed by atoms with Gasteiger partial charge >= 0.3 is 0 Å². The Kier molecular flexibility index (Phi) is 5.17. The lowest BCUT2D eigenvalue weighted by atomic mass is 10.0. The van der Waals surface area contributed by atoms with Gasteiger partial charge in [-0.1, -0.05) is 59.9 Å². The summed E-state index contributed by atoms with van der Waals surface area (Å²) in [6, 6.07) is 19.4. The predicted molar refractivity (Wildman–Crippen MR) is 122 cm³/mol. The van der Waals surface area contributed by atoms with Crippen molar-refractivity contribution in [2.75, 3.05) is 6.79 Å². The fraction of sp³-hybridized carbons (Fsp3) is 0.0800. The van der Waals surface area contributed by atoms with Crippen LogP contribution in [0.1, 0.15) is 26.3 Å². The molecule has 0 saturated heterocycles. The Balaban J connectivity index is 1.48. The Morgan fingerprint density at radius 1 is 0.969 bits per heavy atom. The highest BCUT2D eigenvalue weighted by atomic mass is 32.1. The minimum Gasteiger partial charge on any atom is -0.454 e. The zero-order valence-corrected chi connectivity index (χ0v) is 17.8. The van der Waals surface area contributed by atoms with Crippen molar-refractivity contribution in [3.8, 4) is 11.5 Å². The molecule has 6 nitrogen and oxygen atoms in total. The van der Waals surface area contributed by atoms with Gasteiger partial charge in [-0.05, 0) is 12.1 Å². The lowest BCUT2D eigenvalue weighted by molar-refractivity contribution is 0.0994. The smallest absolute Gasteiger partial charge is 0.279 e. The van der Waals surface area contributed by atoms with Gasteiger partial charge < -0.3 is 14.0 Å². The third kappa shape index (κ3) is 3.63. The van der Waals surface area contributed by atoms with E-state index >= 15 is 0 Å². The topological polar surface area (TPSA) is 69.9 Å². The van der Waals surface area contributed by atoms with Crippen LogP contribution >= 0.6 is 11.3 Å². The van der Waals surface area contributed by atoms with E-state index in [1.54, 1.807) is 42.5 Å². The number of rotatable bonds is 5. The number of benzene rings is 3. The highest BCUT2D eigenvalue weighted by Gasteiger charge is 2.18. The lowest BCUT2D eigenvalue weighted by Gasteiger charge is -2.03. The lowest BCUT2D eigenvalue weighted by Crippen LogP contribution is -2.16. The van der Waals surface area contributed by atoms with Gasteiger partial charge in [-0.2, -0.15) is 4.99 Å². The van der Waals surface area contributed by atoms with Crippen LogP contribution in [-0.2, 0) is 6.54 Å². The highest BCUT2D eigenvalue weighted by molar-refractivity contribution is 7.16. The standard InChI is InChI=1S/C25H18N2O4S/c1-2-12-27-19-13-20-21(31-15-30-20)14-22(19)32-25(27)26-24(29)18-10-8-17(9-11-18)23(28)16-6-4-3-5-7-16/h2-11,13-14H,1,12,15H2. The van der Waals surface area contributed by atoms with Crippen LogP contribution in [0.25, 0.3) is 10.2 Å². The largest absolute Gasteiger partial charge is 0.454 e. The maximum atomic E-state index is 12.9. The molecule has 1 amide bonds. The van der Waals surface area contributed by atoms with Crippen molar-refractivity contribution in [2.45, 2.75) is 6.54 Å². The summed E-state index contributed by atoms with van der Waals surface area (Å²) in [7, 11) is 0. The fourth-order valence-corrected chi connectivity index (χ4v) is 4.57. The molecule has 1 aromatic heterocycles. The third-order valence-electron chi connectivity index (χ3n) is 5.12. The molecular formula is C25H18N2O4S. The summed E-state index contributed by atoms with van der Waals surface area (Å²) in [4.78, 5) is 30.3. The number of ether oxygens (including phenoxy) is 2. The number of thiazole rings is 1. The first-order valence-corrected chi connectivity index (χ1v) is 10.8. The van der Waals surface area contributed by atoms with Crippen LogP contribution in [0.3, 0.4) is 0 Å². The summed E-state index contributed by atoms with van der Waals surface area (Å²) in [6.45, 7) is 4.51. The van der Waals surface area contributed by atoms with Crippen LogP contribution in [0.4, 0.5) is 0 Å². The van der Waals surface area contributed by atoms with E-state index in [0.29, 0.717) is 39.5 Å². The van der Waals surface area contributed by atoms with Crippen molar-refractivity contribution in [2.24, 2.45) is 4.99 Å². The number of carbonyl (C=O) groups is 2. The van der Waals surface area contributed by atoms with E-state index in [-0.39, 0.29) is 18.5 Å². The Hall–Kier alpha value is -3.97. The molecule has 32 heavy (non-hydrogen) atoms. The van der Waals surface area contributed by atoms with Crippen LogP contribution in [0.5, 0.6) is 11.5 Å². The first kappa shape index (κ1) is 20.0. The normalized spacial score (nSPS) is 12.8. The number of aromatic nitrogens is 1. The second kappa shape index (κ2) is 8.28. The summed E-state index contributed by atoms with van der Waals surface area (Å²) < 4.78 is 13.8. The minimum atomic E-state index is -0.381. The molecule has 0 aliphatic carbocycles. The van der Waals surface area contributed by atoms with Gasteiger partial charge in [0.1, 0.15) is 0 Å². The molecule has 1 aliphatic rings. The number of amides is 1. The molecule has 0 fully saturated rings. The molecule has 0 bridgehead atoms. The molecule has 0 saturated carbocycles. The van der Waals surface area contributed by atoms with E-state index in [0.717, 1.165) is 10.2 Å². The van der Waals surface area contributed by atoms with E-state index in [1.165, 1.54) is 11.3 Å². The van der Waals surface area contributed by atoms with Crippen molar-refractivity contribution in [1.82, 2.24) is 4.57 Å². The van der Waals surface area contributed by atoms with E-state index in [4.69, 9.17) is 9.47 Å². The first-order valence-electron chi connectivity index (χ1n) is 9.97. The van der Waals surface area contributed by atoms with Gasteiger partial charge in [0.05, 0.1) is 10.2 Å². The number of allylic oxidation sites excluding steroid dienone is 1. The molecule has 0 radical (unpaired) electrons. The third-order valence-corrected chi connectivity index (χ3v) is 6.16. The molecule has 0 unspecified atom stereocenters. The van der Waals surface area contributed by atoms with E-state index < -0.39 is 0 Å². The summed E-state index contributed by atoms with van der Waals surface area (Å²) in [6.07, 6.45) is 1.75. The Labute approximate surface area is 187 Å². The van der Waals surface area contributed by atoms with Crippen LogP contribution < -0.4 is 14.3 Å². The van der Waals surface area contributed by atoms with Crippen molar-refractivity contribution in [3.05, 3.63) is 101 Å². The molecule has 7 heteroatoms. The molecule has 0 spiro atoms. The maximum Gasteiger partial charge on any atom is 0.279 e. The average Bonchev–Trinajstić information content (AvgIpc) is 3.42. The number of nitrogens with zero attached hydrogens (tertiary/aromatic N) is 2. The molecule has 158 valence electrons. The molecular weight excluding hydrogens is 424 g/mol. The van der Waals surface area contributed by atoms with Gasteiger partial charge in [0, 0.05) is 35.4 Å². The van der Waals surface area contributed by atoms with Gasteiger partial charge in [-0.25, -0.2) is 0 Å². The molecule has 5 rings (SSSR count). The van der Waals surface area contributed by atoms with E-state index in [2.05, 4.69) is 11.6 Å². The van der Waals surface area contributed by atoms with Crippen LogP contribution in [0.15, 0.2) is 84.4 Å². The van der Waals surface area contributed by atoms with E-state index in [9.17, 15) is 9.59 Å². The Morgan fingerprint density at radius 2 is 1.62 bits per heavy atom. The van der Waals surface area contributed by atoms with Crippen molar-refractivity contribution >= 4 is 33.2 Å². The molecule has 0 atom stereocenters. The predicted octanol–water partition coefficient (Wildman–Crippen LogP) is 4.59. The molecule has 2 heterocycles. The number of hydrogen-bond acceptors (Lipinski definition) is 5. The zero-order chi connectivity index (χ0) is 22.1. The number of ketones is 1. The van der Waals surface area contributed by atoms with Gasteiger partial charge in [0.25, 0.3) is 5.91 Å².